The van der Waals surface area contributed by atoms with Crippen molar-refractivity contribution < 1.29 is 64.8 Å². The van der Waals surface area contributed by atoms with E-state index in [9.17, 15) is 50.6 Å². The van der Waals surface area contributed by atoms with Gasteiger partial charge in [0.25, 0.3) is 0 Å². The Morgan fingerprint density at radius 1 is 0.612 bits per heavy atom. The second kappa shape index (κ2) is 20.1. The topological polar surface area (TPSA) is 176 Å². The summed E-state index contributed by atoms with van der Waals surface area (Å²) >= 11 is 0. The lowest BCUT2D eigenvalue weighted by atomic mass is 10.0. The molecule has 14 nitrogen and oxygen atoms in total. The number of fused-ring (bicyclic) bond motifs is 2. The molecular formula is C47H42F6N6O8. The number of ketones is 1. The molecule has 7 aromatic rings. The zero-order chi connectivity index (χ0) is 48.8. The molecule has 0 unspecified atom stereocenters. The van der Waals surface area contributed by atoms with Gasteiger partial charge in [0.2, 0.25) is 0 Å². The van der Waals surface area contributed by atoms with Crippen molar-refractivity contribution in [1.82, 2.24) is 19.1 Å². The summed E-state index contributed by atoms with van der Waals surface area (Å²) in [5.41, 5.74) is 5.91. The first-order valence-electron chi connectivity index (χ1n) is 20.2. The predicted octanol–water partition coefficient (Wildman–Crippen LogP) is 9.91. The van der Waals surface area contributed by atoms with E-state index in [1.807, 2.05) is 0 Å². The van der Waals surface area contributed by atoms with Crippen LogP contribution in [0.25, 0.3) is 33.4 Å². The fourth-order valence-electron chi connectivity index (χ4n) is 7.11. The van der Waals surface area contributed by atoms with Crippen LogP contribution in [0.4, 0.5) is 37.7 Å². The third kappa shape index (κ3) is 11.3. The molecule has 7 rings (SSSR count). The number of carboxylic acid groups (broad SMARTS) is 1. The van der Waals surface area contributed by atoms with Crippen molar-refractivity contribution in [2.75, 3.05) is 45.1 Å². The molecule has 67 heavy (non-hydrogen) atoms. The van der Waals surface area contributed by atoms with E-state index in [0.29, 0.717) is 72.7 Å². The van der Waals surface area contributed by atoms with Crippen LogP contribution in [0, 0.1) is 13.8 Å². The fourth-order valence-corrected chi connectivity index (χ4v) is 7.11. The van der Waals surface area contributed by atoms with E-state index in [1.54, 1.807) is 89.7 Å². The Morgan fingerprint density at radius 3 is 1.48 bits per heavy atom. The molecule has 0 aliphatic heterocycles. The van der Waals surface area contributed by atoms with Gasteiger partial charge in [-0.25, -0.2) is 24.4 Å². The van der Waals surface area contributed by atoms with Gasteiger partial charge in [-0.05, 0) is 97.8 Å². The SMILES string of the molecule is COC(=O)c1ccc(-n2cnc3c(NCCC(F)(F)F)cc(C(=O)O)cc32)cc1C.COC(=O)c1ccc(-n2cnc3c(NCCC(F)(F)F)cc(C(=O)c4ccccc4OC)cc32)cc1C. The normalized spacial score (nSPS) is 11.4. The summed E-state index contributed by atoms with van der Waals surface area (Å²) in [7, 11) is 4.03. The second-order valence-corrected chi connectivity index (χ2v) is 14.9. The van der Waals surface area contributed by atoms with Gasteiger partial charge in [-0.1, -0.05) is 12.1 Å². The summed E-state index contributed by atoms with van der Waals surface area (Å²) < 4.78 is 94.0. The number of para-hydroxylation sites is 1. The standard InChI is InChI=1S/C27H24F3N3O4.C20H18F3N3O4/c1-16-12-18(8-9-19(16)26(35)37-3)33-15-32-24-21(31-11-10-27(28,29)30)13-17(14-22(24)33)25(34)20-6-4-5-7-23(20)36-2;1-11-7-13(3-4-14(11)19(29)30-2)26-10-25-17-15(24-6-5-20(21,22)23)8-12(18(27)28)9-16(17)26/h4-9,12-15,31H,10-11H2,1-3H3;3-4,7-10,24H,5-6H2,1-2H3,(H,27,28). The van der Waals surface area contributed by atoms with Crippen molar-refractivity contribution in [2.45, 2.75) is 39.0 Å². The molecule has 0 aliphatic rings. The van der Waals surface area contributed by atoms with Crippen LogP contribution in [0.15, 0.2) is 97.6 Å². The first-order chi connectivity index (χ1) is 31.7. The number of aromatic carboxylic acids is 1. The van der Waals surface area contributed by atoms with Crippen LogP contribution < -0.4 is 15.4 Å². The zero-order valence-corrected chi connectivity index (χ0v) is 36.4. The van der Waals surface area contributed by atoms with Gasteiger partial charge in [0.15, 0.2) is 5.78 Å². The number of imidazole rings is 2. The van der Waals surface area contributed by atoms with Crippen molar-refractivity contribution in [3.63, 3.8) is 0 Å². The van der Waals surface area contributed by atoms with Gasteiger partial charge in [-0.3, -0.25) is 13.9 Å². The fraction of sp³-hybridized carbons (Fsp3) is 0.234. The number of carbonyl (C=O) groups excluding carboxylic acids is 3. The van der Waals surface area contributed by atoms with E-state index >= 15 is 0 Å². The lowest BCUT2D eigenvalue weighted by Crippen LogP contribution is -2.15. The number of aryl methyl sites for hydroxylation is 2. The monoisotopic (exact) mass is 932 g/mol. The Bertz CT molecular complexity index is 3000. The van der Waals surface area contributed by atoms with Gasteiger partial charge >= 0.3 is 30.3 Å². The number of nitrogens with zero attached hydrogens (tertiary/aromatic N) is 4. The summed E-state index contributed by atoms with van der Waals surface area (Å²) in [4.78, 5) is 57.4. The van der Waals surface area contributed by atoms with Crippen molar-refractivity contribution in [2.24, 2.45) is 0 Å². The number of ether oxygens (including phenoxy) is 3. The van der Waals surface area contributed by atoms with Crippen LogP contribution in [-0.2, 0) is 9.47 Å². The Labute approximate surface area is 378 Å². The van der Waals surface area contributed by atoms with Crippen molar-refractivity contribution in [1.29, 1.82) is 0 Å². The van der Waals surface area contributed by atoms with E-state index in [0.717, 1.165) is 0 Å². The Balaban J connectivity index is 0.000000226. The molecule has 0 atom stereocenters. The molecule has 0 radical (unpaired) electrons. The number of hydrogen-bond acceptors (Lipinski definition) is 11. The van der Waals surface area contributed by atoms with Gasteiger partial charge in [0, 0.05) is 30.0 Å². The molecule has 0 bridgehead atoms. The number of carbonyl (C=O) groups is 4. The Morgan fingerprint density at radius 2 is 1.06 bits per heavy atom. The van der Waals surface area contributed by atoms with Crippen molar-refractivity contribution in [3.05, 3.63) is 137 Å². The number of hydrogen-bond donors (Lipinski definition) is 3. The summed E-state index contributed by atoms with van der Waals surface area (Å²) in [6.07, 6.45) is -7.83. The first-order valence-corrected chi connectivity index (χ1v) is 20.2. The van der Waals surface area contributed by atoms with Gasteiger partial charge < -0.3 is 30.0 Å². The highest BCUT2D eigenvalue weighted by Crippen LogP contribution is 2.32. The number of rotatable bonds is 14. The number of benzene rings is 5. The molecule has 20 heteroatoms. The predicted molar refractivity (Wildman–Crippen MR) is 236 cm³/mol. The highest BCUT2D eigenvalue weighted by atomic mass is 19.4. The number of carboxylic acids is 1. The quantitative estimate of drug-likeness (QED) is 0.0536. The largest absolute Gasteiger partial charge is 0.496 e. The summed E-state index contributed by atoms with van der Waals surface area (Å²) in [6.45, 7) is 2.68. The molecule has 2 aromatic heterocycles. The minimum absolute atomic E-state index is 0.0957. The highest BCUT2D eigenvalue weighted by Gasteiger charge is 2.28. The molecule has 0 aliphatic carbocycles. The van der Waals surface area contributed by atoms with Gasteiger partial charge in [-0.15, -0.1) is 0 Å². The Kier molecular flexibility index (Phi) is 14.6. The summed E-state index contributed by atoms with van der Waals surface area (Å²) in [5, 5.41) is 14.8. The third-order valence-corrected chi connectivity index (χ3v) is 10.4. The molecule has 350 valence electrons. The molecule has 0 spiro atoms. The zero-order valence-electron chi connectivity index (χ0n) is 36.4. The molecule has 2 heterocycles. The van der Waals surface area contributed by atoms with Crippen LogP contribution in [0.2, 0.25) is 0 Å². The lowest BCUT2D eigenvalue weighted by molar-refractivity contribution is -0.132. The molecule has 0 amide bonds. The summed E-state index contributed by atoms with van der Waals surface area (Å²) in [5.74, 6) is -2.16. The molecule has 0 saturated carbocycles. The van der Waals surface area contributed by atoms with E-state index in [2.05, 4.69) is 20.6 Å². The average molecular weight is 933 g/mol. The van der Waals surface area contributed by atoms with Crippen molar-refractivity contribution in [3.8, 4) is 17.1 Å². The molecule has 0 saturated heterocycles. The molecule has 5 aromatic carbocycles. The number of methoxy groups -OCH3 is 3. The van der Waals surface area contributed by atoms with Crippen LogP contribution in [0.5, 0.6) is 5.75 Å². The maximum atomic E-state index is 13.5. The van der Waals surface area contributed by atoms with E-state index in [4.69, 9.17) is 14.2 Å². The van der Waals surface area contributed by atoms with Crippen LogP contribution >= 0.6 is 0 Å². The molecule has 0 fully saturated rings. The van der Waals surface area contributed by atoms with E-state index in [-0.39, 0.29) is 29.1 Å². The second-order valence-electron chi connectivity index (χ2n) is 14.9. The van der Waals surface area contributed by atoms with E-state index < -0.39 is 49.6 Å². The third-order valence-electron chi connectivity index (χ3n) is 10.4. The van der Waals surface area contributed by atoms with Gasteiger partial charge in [-0.2, -0.15) is 26.3 Å². The van der Waals surface area contributed by atoms with Crippen molar-refractivity contribution >= 4 is 57.1 Å². The number of halogens is 6. The van der Waals surface area contributed by atoms with Crippen LogP contribution in [0.1, 0.15) is 71.0 Å². The number of aromatic nitrogens is 4. The van der Waals surface area contributed by atoms with Crippen LogP contribution in [0.3, 0.4) is 0 Å². The van der Waals surface area contributed by atoms with Gasteiger partial charge in [0.1, 0.15) is 29.4 Å². The number of nitrogens with one attached hydrogen (secondary N) is 2. The lowest BCUT2D eigenvalue weighted by Gasteiger charge is -2.13. The summed E-state index contributed by atoms with van der Waals surface area (Å²) in [6, 6.07) is 22.5. The van der Waals surface area contributed by atoms with Gasteiger partial charge in [0.05, 0.1) is 78.8 Å². The minimum atomic E-state index is -4.34. The highest BCUT2D eigenvalue weighted by molar-refractivity contribution is 6.13. The van der Waals surface area contributed by atoms with E-state index in [1.165, 1.54) is 52.2 Å². The molecular weight excluding hydrogens is 891 g/mol. The number of anilines is 2. The maximum Gasteiger partial charge on any atom is 0.390 e. The minimum Gasteiger partial charge on any atom is -0.496 e. The first kappa shape index (κ1) is 48.6. The number of alkyl halides is 6. The maximum absolute atomic E-state index is 13.5. The van der Waals surface area contributed by atoms with Crippen LogP contribution in [-0.4, -0.2) is 94.7 Å². The average Bonchev–Trinajstić information content (AvgIpc) is 3.93. The Hall–Kier alpha value is -7.90. The smallest absolute Gasteiger partial charge is 0.390 e. The number of esters is 2. The molecule has 3 N–H and O–H groups in total.